The van der Waals surface area contributed by atoms with Crippen molar-refractivity contribution in [2.75, 3.05) is 7.11 Å². The molecule has 0 saturated heterocycles. The molecule has 4 nitrogen and oxygen atoms in total. The number of aromatic nitrogens is 1. The van der Waals surface area contributed by atoms with Crippen molar-refractivity contribution in [3.8, 4) is 11.8 Å². The summed E-state index contributed by atoms with van der Waals surface area (Å²) in [5, 5.41) is 0. The predicted octanol–water partition coefficient (Wildman–Crippen LogP) is 0.419. The van der Waals surface area contributed by atoms with E-state index in [9.17, 15) is 9.59 Å². The lowest BCUT2D eigenvalue weighted by atomic mass is 10.2. The molecule has 0 aromatic carbocycles. The summed E-state index contributed by atoms with van der Waals surface area (Å²) in [5.41, 5.74) is 0.884. The van der Waals surface area contributed by atoms with Crippen LogP contribution in [0.4, 0.5) is 0 Å². The highest BCUT2D eigenvalue weighted by Gasteiger charge is 1.92. The minimum Gasteiger partial charge on any atom is -0.459 e. The Kier molecular flexibility index (Phi) is 3.39. The van der Waals surface area contributed by atoms with Crippen LogP contribution in [0.25, 0.3) is 0 Å². The van der Waals surface area contributed by atoms with E-state index in [4.69, 9.17) is 0 Å². The lowest BCUT2D eigenvalue weighted by Gasteiger charge is -1.89. The van der Waals surface area contributed by atoms with Gasteiger partial charge in [-0.25, -0.2) is 4.79 Å². The zero-order chi connectivity index (χ0) is 10.4. The highest BCUT2D eigenvalue weighted by atomic mass is 16.5. The first-order chi connectivity index (χ1) is 6.76. The van der Waals surface area contributed by atoms with Gasteiger partial charge in [0.05, 0.1) is 7.11 Å². The monoisotopic (exact) mass is 189 g/mol. The number of aldehydes is 1. The Morgan fingerprint density at radius 1 is 1.57 bits per heavy atom. The third kappa shape index (κ3) is 2.72. The van der Waals surface area contributed by atoms with Gasteiger partial charge >= 0.3 is 5.97 Å². The Morgan fingerprint density at radius 2 is 2.36 bits per heavy atom. The van der Waals surface area contributed by atoms with Crippen LogP contribution < -0.4 is 0 Å². The molecule has 0 bridgehead atoms. The topological polar surface area (TPSA) is 56.3 Å². The Hall–Kier alpha value is -2.15. The van der Waals surface area contributed by atoms with Crippen molar-refractivity contribution in [3.05, 3.63) is 29.6 Å². The molecule has 0 radical (unpaired) electrons. The van der Waals surface area contributed by atoms with E-state index in [1.807, 2.05) is 0 Å². The second kappa shape index (κ2) is 4.77. The zero-order valence-corrected chi connectivity index (χ0v) is 7.48. The van der Waals surface area contributed by atoms with Gasteiger partial charge in [0.15, 0.2) is 6.29 Å². The average molecular weight is 189 g/mol. The quantitative estimate of drug-likeness (QED) is 0.365. The molecule has 0 unspecified atom stereocenters. The normalized spacial score (nSPS) is 8.36. The van der Waals surface area contributed by atoms with Crippen molar-refractivity contribution in [3.63, 3.8) is 0 Å². The third-order valence-corrected chi connectivity index (χ3v) is 1.40. The number of ether oxygens (including phenoxy) is 1. The summed E-state index contributed by atoms with van der Waals surface area (Å²) in [7, 11) is 1.25. The van der Waals surface area contributed by atoms with E-state index in [1.54, 1.807) is 6.07 Å². The van der Waals surface area contributed by atoms with Crippen LogP contribution in [0.1, 0.15) is 16.1 Å². The van der Waals surface area contributed by atoms with Gasteiger partial charge < -0.3 is 4.74 Å². The summed E-state index contributed by atoms with van der Waals surface area (Å²) in [4.78, 5) is 24.7. The molecule has 0 aliphatic carbocycles. The minimum absolute atomic E-state index is 0.327. The number of pyridine rings is 1. The van der Waals surface area contributed by atoms with Gasteiger partial charge in [-0.15, -0.1) is 0 Å². The fraction of sp³-hybridized carbons (Fsp3) is 0.100. The van der Waals surface area contributed by atoms with Crippen molar-refractivity contribution in [1.29, 1.82) is 0 Å². The molecular formula is C10H7NO3. The summed E-state index contributed by atoms with van der Waals surface area (Å²) in [6.07, 6.45) is 2.05. The molecule has 0 N–H and O–H groups in total. The lowest BCUT2D eigenvalue weighted by Crippen LogP contribution is -1.94. The first kappa shape index (κ1) is 9.93. The number of nitrogens with zero attached hydrogens (tertiary/aromatic N) is 1. The third-order valence-electron chi connectivity index (χ3n) is 1.40. The van der Waals surface area contributed by atoms with E-state index in [0.29, 0.717) is 17.5 Å². The highest BCUT2D eigenvalue weighted by Crippen LogP contribution is 1.95. The van der Waals surface area contributed by atoms with Crippen LogP contribution in [0, 0.1) is 11.8 Å². The average Bonchev–Trinajstić information content (AvgIpc) is 2.26. The molecule has 1 aromatic heterocycles. The molecule has 0 aliphatic heterocycles. The molecule has 1 heterocycles. The van der Waals surface area contributed by atoms with Gasteiger partial charge in [0.2, 0.25) is 0 Å². The molecule has 1 rings (SSSR count). The maximum Gasteiger partial charge on any atom is 0.384 e. The van der Waals surface area contributed by atoms with Gasteiger partial charge in [-0.1, -0.05) is 5.92 Å². The summed E-state index contributed by atoms with van der Waals surface area (Å²) in [6.45, 7) is 0. The fourth-order valence-corrected chi connectivity index (χ4v) is 0.723. The molecular weight excluding hydrogens is 182 g/mol. The van der Waals surface area contributed by atoms with Gasteiger partial charge in [0.1, 0.15) is 5.69 Å². The first-order valence-electron chi connectivity index (χ1n) is 3.77. The fourth-order valence-electron chi connectivity index (χ4n) is 0.723. The standard InChI is InChI=1S/C10H7NO3/c1-14-10(13)5-3-8-2-4-9(7-12)11-6-8/h2,4,6-7H,1H3. The summed E-state index contributed by atoms with van der Waals surface area (Å²) >= 11 is 0. The SMILES string of the molecule is COC(=O)C#Cc1ccc(C=O)nc1. The molecule has 70 valence electrons. The van der Waals surface area contributed by atoms with E-state index in [-0.39, 0.29) is 0 Å². The van der Waals surface area contributed by atoms with Gasteiger partial charge in [-0.2, -0.15) is 0 Å². The molecule has 1 aromatic rings. The maximum absolute atomic E-state index is 10.6. The van der Waals surface area contributed by atoms with Crippen LogP contribution in [0.5, 0.6) is 0 Å². The summed E-state index contributed by atoms with van der Waals surface area (Å²) in [6, 6.07) is 3.13. The number of carbonyl (C=O) groups is 2. The molecule has 0 amide bonds. The predicted molar refractivity (Wildman–Crippen MR) is 48.5 cm³/mol. The Labute approximate surface area is 80.9 Å². The van der Waals surface area contributed by atoms with Crippen molar-refractivity contribution in [1.82, 2.24) is 4.98 Å². The molecule has 0 saturated carbocycles. The largest absolute Gasteiger partial charge is 0.459 e. The van der Waals surface area contributed by atoms with Crippen LogP contribution in [0.15, 0.2) is 18.3 Å². The van der Waals surface area contributed by atoms with Crippen molar-refractivity contribution < 1.29 is 14.3 Å². The van der Waals surface area contributed by atoms with Crippen molar-refractivity contribution >= 4 is 12.3 Å². The van der Waals surface area contributed by atoms with Crippen molar-refractivity contribution in [2.24, 2.45) is 0 Å². The van der Waals surface area contributed by atoms with Gasteiger partial charge in [0, 0.05) is 17.7 Å². The minimum atomic E-state index is -0.607. The van der Waals surface area contributed by atoms with E-state index in [2.05, 4.69) is 21.6 Å². The summed E-state index contributed by atoms with van der Waals surface area (Å²) in [5.74, 6) is 4.18. The summed E-state index contributed by atoms with van der Waals surface area (Å²) < 4.78 is 4.33. The van der Waals surface area contributed by atoms with Gasteiger partial charge in [0.25, 0.3) is 0 Å². The zero-order valence-electron chi connectivity index (χ0n) is 7.48. The van der Waals surface area contributed by atoms with Crippen LogP contribution in [0.3, 0.4) is 0 Å². The Balaban J connectivity index is 2.81. The van der Waals surface area contributed by atoms with E-state index in [1.165, 1.54) is 19.4 Å². The van der Waals surface area contributed by atoms with E-state index in [0.717, 1.165) is 0 Å². The molecule has 0 aliphatic rings. The van der Waals surface area contributed by atoms with Gasteiger partial charge in [-0.05, 0) is 12.1 Å². The number of rotatable bonds is 1. The molecule has 0 fully saturated rings. The second-order valence-corrected chi connectivity index (χ2v) is 2.33. The van der Waals surface area contributed by atoms with E-state index >= 15 is 0 Å². The molecule has 14 heavy (non-hydrogen) atoms. The number of methoxy groups -OCH3 is 1. The molecule has 4 heteroatoms. The molecule has 0 atom stereocenters. The van der Waals surface area contributed by atoms with Crippen LogP contribution >= 0.6 is 0 Å². The number of esters is 1. The Bertz CT molecular complexity index is 398. The molecule has 0 spiro atoms. The second-order valence-electron chi connectivity index (χ2n) is 2.33. The number of hydrogen-bond donors (Lipinski definition) is 0. The smallest absolute Gasteiger partial charge is 0.384 e. The number of carbonyl (C=O) groups excluding carboxylic acids is 2. The van der Waals surface area contributed by atoms with Crippen LogP contribution in [0.2, 0.25) is 0 Å². The van der Waals surface area contributed by atoms with Crippen LogP contribution in [-0.2, 0) is 9.53 Å². The Morgan fingerprint density at radius 3 is 2.86 bits per heavy atom. The van der Waals surface area contributed by atoms with Crippen LogP contribution in [-0.4, -0.2) is 24.3 Å². The van der Waals surface area contributed by atoms with Gasteiger partial charge in [-0.3, -0.25) is 9.78 Å². The van der Waals surface area contributed by atoms with Crippen molar-refractivity contribution in [2.45, 2.75) is 0 Å². The number of hydrogen-bond acceptors (Lipinski definition) is 4. The highest BCUT2D eigenvalue weighted by molar-refractivity contribution is 5.89. The maximum atomic E-state index is 10.6. The van der Waals surface area contributed by atoms with E-state index < -0.39 is 5.97 Å². The lowest BCUT2D eigenvalue weighted by molar-refractivity contribution is -0.133. The first-order valence-corrected chi connectivity index (χ1v) is 3.77.